The summed E-state index contributed by atoms with van der Waals surface area (Å²) in [6.07, 6.45) is 3.01. The van der Waals surface area contributed by atoms with E-state index in [4.69, 9.17) is 9.15 Å². The summed E-state index contributed by atoms with van der Waals surface area (Å²) in [6.45, 7) is 1.41. The average molecular weight is 274 g/mol. The lowest BCUT2D eigenvalue weighted by Crippen LogP contribution is -2.31. The van der Waals surface area contributed by atoms with E-state index in [0.717, 1.165) is 0 Å². The third-order valence-electron chi connectivity index (χ3n) is 2.56. The minimum absolute atomic E-state index is 0.166. The van der Waals surface area contributed by atoms with E-state index in [2.05, 4.69) is 10.3 Å². The summed E-state index contributed by atoms with van der Waals surface area (Å²) in [6, 6.07) is 8.08. The van der Waals surface area contributed by atoms with Gasteiger partial charge in [0.2, 0.25) is 0 Å². The predicted octanol–water partition coefficient (Wildman–Crippen LogP) is 1.71. The van der Waals surface area contributed by atoms with Gasteiger partial charge < -0.3 is 14.5 Å². The first-order chi connectivity index (χ1) is 9.66. The van der Waals surface area contributed by atoms with Crippen LogP contribution in [0.25, 0.3) is 0 Å². The summed E-state index contributed by atoms with van der Waals surface area (Å²) < 4.78 is 10.0. The third-order valence-corrected chi connectivity index (χ3v) is 2.56. The molecule has 0 unspecified atom stereocenters. The Balaban J connectivity index is 1.79. The number of hydrogen-bond acceptors (Lipinski definition) is 5. The Labute approximate surface area is 115 Å². The van der Waals surface area contributed by atoms with Gasteiger partial charge >= 0.3 is 5.97 Å². The molecule has 0 aliphatic rings. The fourth-order valence-corrected chi connectivity index (χ4v) is 1.58. The number of hydrogen-bond donors (Lipinski definition) is 1. The number of ether oxygens (including phenoxy) is 1. The fraction of sp³-hybridized carbons (Fsp3) is 0.214. The van der Waals surface area contributed by atoms with Crippen LogP contribution in [0.15, 0.2) is 47.2 Å². The summed E-state index contributed by atoms with van der Waals surface area (Å²) in [5.74, 6) is -0.404. The maximum atomic E-state index is 11.6. The zero-order chi connectivity index (χ0) is 14.4. The second kappa shape index (κ2) is 6.51. The van der Waals surface area contributed by atoms with Crippen molar-refractivity contribution in [3.8, 4) is 0 Å². The number of esters is 1. The summed E-state index contributed by atoms with van der Waals surface area (Å²) in [5.41, 5.74) is 0.166. The number of aromatic nitrogens is 1. The highest BCUT2D eigenvalue weighted by atomic mass is 16.5. The van der Waals surface area contributed by atoms with E-state index >= 15 is 0 Å². The summed E-state index contributed by atoms with van der Waals surface area (Å²) in [4.78, 5) is 27.1. The molecule has 1 atom stereocenters. The van der Waals surface area contributed by atoms with Gasteiger partial charge in [0.25, 0.3) is 5.91 Å². The molecular weight excluding hydrogens is 260 g/mol. The molecule has 0 bridgehead atoms. The Morgan fingerprint density at radius 2 is 2.20 bits per heavy atom. The third kappa shape index (κ3) is 3.68. The zero-order valence-corrected chi connectivity index (χ0v) is 10.9. The Bertz CT molecular complexity index is 566. The molecule has 2 rings (SSSR count). The van der Waals surface area contributed by atoms with Crippen LogP contribution in [0.2, 0.25) is 0 Å². The molecule has 0 radical (unpaired) electrons. The Morgan fingerprint density at radius 1 is 1.35 bits per heavy atom. The second-order valence-corrected chi connectivity index (χ2v) is 4.10. The summed E-state index contributed by atoms with van der Waals surface area (Å²) in [5, 5.41) is 2.66. The van der Waals surface area contributed by atoms with Crippen molar-refractivity contribution in [2.75, 3.05) is 6.61 Å². The molecule has 0 spiro atoms. The number of nitrogens with one attached hydrogen (secondary N) is 1. The maximum absolute atomic E-state index is 11.6. The number of carbonyl (C=O) groups excluding carboxylic acids is 2. The number of rotatable bonds is 5. The van der Waals surface area contributed by atoms with Crippen LogP contribution in [0.5, 0.6) is 0 Å². The van der Waals surface area contributed by atoms with Crippen LogP contribution in [0.3, 0.4) is 0 Å². The van der Waals surface area contributed by atoms with Crippen molar-refractivity contribution in [1.82, 2.24) is 10.3 Å². The highest BCUT2D eigenvalue weighted by molar-refractivity contribution is 5.89. The molecule has 1 amide bonds. The summed E-state index contributed by atoms with van der Waals surface area (Å²) in [7, 11) is 0. The van der Waals surface area contributed by atoms with Crippen LogP contribution in [-0.4, -0.2) is 23.5 Å². The van der Waals surface area contributed by atoms with Gasteiger partial charge in [0, 0.05) is 6.20 Å². The summed E-state index contributed by atoms with van der Waals surface area (Å²) >= 11 is 0. The van der Waals surface area contributed by atoms with Gasteiger partial charge in [-0.15, -0.1) is 0 Å². The fourth-order valence-electron chi connectivity index (χ4n) is 1.58. The minimum atomic E-state index is -0.633. The largest absolute Gasteiger partial charge is 0.467 e. The van der Waals surface area contributed by atoms with E-state index in [1.165, 1.54) is 18.5 Å². The molecular formula is C14H14N2O4. The van der Waals surface area contributed by atoms with Crippen molar-refractivity contribution < 1.29 is 18.7 Å². The molecule has 0 aliphatic carbocycles. The molecule has 6 nitrogen and oxygen atoms in total. The molecule has 104 valence electrons. The Morgan fingerprint density at radius 3 is 2.85 bits per heavy atom. The first-order valence-electron chi connectivity index (χ1n) is 6.07. The van der Waals surface area contributed by atoms with Crippen LogP contribution in [0, 0.1) is 0 Å². The van der Waals surface area contributed by atoms with Crippen molar-refractivity contribution in [2.24, 2.45) is 0 Å². The Kier molecular flexibility index (Phi) is 4.49. The molecule has 0 fully saturated rings. The van der Waals surface area contributed by atoms with Crippen molar-refractivity contribution in [1.29, 1.82) is 0 Å². The standard InChI is InChI=1S/C14H14N2O4/c1-10(12-6-4-8-19-12)16-13(17)9-20-14(18)11-5-2-3-7-15-11/h2-8,10H,9H2,1H3,(H,16,17)/t10-/m0/s1. The van der Waals surface area contributed by atoms with Crippen LogP contribution >= 0.6 is 0 Å². The molecule has 1 N–H and O–H groups in total. The van der Waals surface area contributed by atoms with Gasteiger partial charge in [0.1, 0.15) is 11.5 Å². The first-order valence-corrected chi connectivity index (χ1v) is 6.07. The highest BCUT2D eigenvalue weighted by Gasteiger charge is 2.14. The lowest BCUT2D eigenvalue weighted by atomic mass is 10.2. The number of carbonyl (C=O) groups is 2. The number of amides is 1. The van der Waals surface area contributed by atoms with Crippen molar-refractivity contribution in [2.45, 2.75) is 13.0 Å². The lowest BCUT2D eigenvalue weighted by Gasteiger charge is -2.11. The lowest BCUT2D eigenvalue weighted by molar-refractivity contribution is -0.125. The van der Waals surface area contributed by atoms with Gasteiger partial charge in [0.05, 0.1) is 12.3 Å². The van der Waals surface area contributed by atoms with Crippen molar-refractivity contribution in [3.05, 3.63) is 54.2 Å². The smallest absolute Gasteiger partial charge is 0.357 e. The first kappa shape index (κ1) is 13.8. The SMILES string of the molecule is C[C@H](NC(=O)COC(=O)c1ccccn1)c1ccco1. The molecule has 2 aromatic heterocycles. The molecule has 20 heavy (non-hydrogen) atoms. The molecule has 6 heteroatoms. The predicted molar refractivity (Wildman–Crippen MR) is 69.8 cm³/mol. The molecule has 2 heterocycles. The van der Waals surface area contributed by atoms with Gasteiger partial charge in [-0.05, 0) is 31.2 Å². The van der Waals surface area contributed by atoms with E-state index in [1.54, 1.807) is 31.2 Å². The molecule has 0 aromatic carbocycles. The van der Waals surface area contributed by atoms with Crippen molar-refractivity contribution >= 4 is 11.9 Å². The number of nitrogens with zero attached hydrogens (tertiary/aromatic N) is 1. The van der Waals surface area contributed by atoms with Crippen LogP contribution in [0.1, 0.15) is 29.2 Å². The number of furan rings is 1. The van der Waals surface area contributed by atoms with Gasteiger partial charge in [-0.3, -0.25) is 4.79 Å². The van der Waals surface area contributed by atoms with Crippen LogP contribution in [-0.2, 0) is 9.53 Å². The minimum Gasteiger partial charge on any atom is -0.467 e. The molecule has 0 saturated carbocycles. The van der Waals surface area contributed by atoms with E-state index in [0.29, 0.717) is 5.76 Å². The quantitative estimate of drug-likeness (QED) is 0.839. The normalized spacial score (nSPS) is 11.7. The maximum Gasteiger partial charge on any atom is 0.357 e. The van der Waals surface area contributed by atoms with Gasteiger partial charge in [-0.25, -0.2) is 9.78 Å². The molecule has 2 aromatic rings. The highest BCUT2D eigenvalue weighted by Crippen LogP contribution is 2.11. The molecule has 0 saturated heterocycles. The average Bonchev–Trinajstić information content (AvgIpc) is 3.00. The van der Waals surface area contributed by atoms with E-state index < -0.39 is 11.9 Å². The van der Waals surface area contributed by atoms with Gasteiger partial charge in [-0.1, -0.05) is 6.07 Å². The second-order valence-electron chi connectivity index (χ2n) is 4.10. The van der Waals surface area contributed by atoms with Gasteiger partial charge in [0.15, 0.2) is 6.61 Å². The number of pyridine rings is 1. The van der Waals surface area contributed by atoms with E-state index in [1.807, 2.05) is 0 Å². The van der Waals surface area contributed by atoms with Crippen LogP contribution < -0.4 is 5.32 Å². The van der Waals surface area contributed by atoms with E-state index in [-0.39, 0.29) is 18.3 Å². The monoisotopic (exact) mass is 274 g/mol. The topological polar surface area (TPSA) is 81.4 Å². The Hall–Kier alpha value is -2.63. The van der Waals surface area contributed by atoms with E-state index in [9.17, 15) is 9.59 Å². The van der Waals surface area contributed by atoms with Gasteiger partial charge in [-0.2, -0.15) is 0 Å². The van der Waals surface area contributed by atoms with Crippen LogP contribution in [0.4, 0.5) is 0 Å². The zero-order valence-electron chi connectivity index (χ0n) is 10.9. The molecule has 0 aliphatic heterocycles. The van der Waals surface area contributed by atoms with Crippen molar-refractivity contribution in [3.63, 3.8) is 0 Å².